The molecular formula is C22H25FN4. The fraction of sp³-hybridized carbons (Fsp3) is 0.364. The molecule has 0 aliphatic rings. The van der Waals surface area contributed by atoms with Gasteiger partial charge in [0, 0.05) is 29.3 Å². The highest BCUT2D eigenvalue weighted by Gasteiger charge is 2.25. The monoisotopic (exact) mass is 364 g/mol. The Balaban J connectivity index is 2.04. The Kier molecular flexibility index (Phi) is 3.71. The zero-order chi connectivity index (χ0) is 19.6. The lowest BCUT2D eigenvalue weighted by molar-refractivity contribution is 0.541. The highest BCUT2D eigenvalue weighted by Crippen LogP contribution is 2.33. The third kappa shape index (κ3) is 2.82. The predicted octanol–water partition coefficient (Wildman–Crippen LogP) is 5.38. The third-order valence-corrected chi connectivity index (χ3v) is 4.76. The van der Waals surface area contributed by atoms with Gasteiger partial charge in [-0.2, -0.15) is 0 Å². The number of rotatable bonds is 1. The van der Waals surface area contributed by atoms with Gasteiger partial charge in [0.1, 0.15) is 23.2 Å². The Morgan fingerprint density at radius 3 is 2.30 bits per heavy atom. The number of hydrogen-bond donors (Lipinski definition) is 0. The van der Waals surface area contributed by atoms with Gasteiger partial charge in [-0.1, -0.05) is 47.6 Å². The van der Waals surface area contributed by atoms with Gasteiger partial charge in [0.15, 0.2) is 0 Å². The van der Waals surface area contributed by atoms with Gasteiger partial charge in [-0.05, 0) is 12.1 Å². The minimum Gasteiger partial charge on any atom is -0.303 e. The van der Waals surface area contributed by atoms with Crippen LogP contribution in [-0.2, 0) is 10.8 Å². The van der Waals surface area contributed by atoms with E-state index in [-0.39, 0.29) is 16.6 Å². The second kappa shape index (κ2) is 5.65. The molecule has 4 aromatic heterocycles. The van der Waals surface area contributed by atoms with Crippen molar-refractivity contribution in [2.75, 3.05) is 0 Å². The maximum atomic E-state index is 15.1. The van der Waals surface area contributed by atoms with E-state index >= 15 is 4.39 Å². The van der Waals surface area contributed by atoms with Crippen molar-refractivity contribution in [2.45, 2.75) is 52.4 Å². The lowest BCUT2D eigenvalue weighted by atomic mass is 9.96. The molecule has 0 spiro atoms. The van der Waals surface area contributed by atoms with Crippen molar-refractivity contribution in [3.63, 3.8) is 0 Å². The quantitative estimate of drug-likeness (QED) is 0.454. The summed E-state index contributed by atoms with van der Waals surface area (Å²) < 4.78 is 19.1. The summed E-state index contributed by atoms with van der Waals surface area (Å²) in [7, 11) is 0. The first kappa shape index (κ1) is 17.7. The summed E-state index contributed by atoms with van der Waals surface area (Å²) in [6.07, 6.45) is 5.54. The van der Waals surface area contributed by atoms with Gasteiger partial charge in [-0.25, -0.2) is 14.4 Å². The Morgan fingerprint density at radius 1 is 0.926 bits per heavy atom. The standard InChI is InChI=1S/C22H25FN4/c1-21(2,3)19-24-12-14-11-16(23)15(13-27(14)19)18-17-9-7-8-10-26(17)20(25-18)22(4,5)6/h7-13H,1-6H3. The molecule has 4 heterocycles. The molecule has 0 aliphatic carbocycles. The van der Waals surface area contributed by atoms with Crippen LogP contribution in [0, 0.1) is 5.82 Å². The first-order valence-electron chi connectivity index (χ1n) is 9.22. The fourth-order valence-corrected chi connectivity index (χ4v) is 3.51. The van der Waals surface area contributed by atoms with E-state index in [0.29, 0.717) is 11.3 Å². The predicted molar refractivity (Wildman–Crippen MR) is 107 cm³/mol. The minimum absolute atomic E-state index is 0.144. The van der Waals surface area contributed by atoms with E-state index in [0.717, 1.165) is 22.7 Å². The number of halogens is 1. The van der Waals surface area contributed by atoms with Gasteiger partial charge in [0.25, 0.3) is 0 Å². The maximum Gasteiger partial charge on any atom is 0.136 e. The average Bonchev–Trinajstić information content (AvgIpc) is 3.14. The zero-order valence-corrected chi connectivity index (χ0v) is 16.7. The van der Waals surface area contributed by atoms with Crippen LogP contribution in [0.25, 0.3) is 22.3 Å². The van der Waals surface area contributed by atoms with Gasteiger partial charge in [-0.3, -0.25) is 0 Å². The van der Waals surface area contributed by atoms with E-state index in [1.54, 1.807) is 12.3 Å². The number of imidazole rings is 2. The second-order valence-electron chi connectivity index (χ2n) is 9.15. The minimum atomic E-state index is -0.285. The van der Waals surface area contributed by atoms with Crippen LogP contribution in [0.3, 0.4) is 0 Å². The average molecular weight is 364 g/mol. The Morgan fingerprint density at radius 2 is 1.63 bits per heavy atom. The number of pyridine rings is 2. The number of hydrogen-bond acceptors (Lipinski definition) is 2. The molecule has 0 saturated heterocycles. The molecule has 5 heteroatoms. The van der Waals surface area contributed by atoms with Crippen molar-refractivity contribution in [3.05, 3.63) is 60.3 Å². The van der Waals surface area contributed by atoms with Crippen LogP contribution >= 0.6 is 0 Å². The molecule has 4 nitrogen and oxygen atoms in total. The highest BCUT2D eigenvalue weighted by atomic mass is 19.1. The lowest BCUT2D eigenvalue weighted by Gasteiger charge is -2.17. The Hall–Kier alpha value is -2.69. The molecular weight excluding hydrogens is 339 g/mol. The summed E-state index contributed by atoms with van der Waals surface area (Å²) in [6, 6.07) is 7.46. The molecule has 0 aliphatic heterocycles. The van der Waals surface area contributed by atoms with Crippen molar-refractivity contribution >= 4 is 11.0 Å². The molecule has 0 saturated carbocycles. The zero-order valence-electron chi connectivity index (χ0n) is 16.7. The van der Waals surface area contributed by atoms with Crippen LogP contribution in [0.1, 0.15) is 53.2 Å². The van der Waals surface area contributed by atoms with E-state index < -0.39 is 0 Å². The molecule has 0 aromatic carbocycles. The molecule has 140 valence electrons. The van der Waals surface area contributed by atoms with E-state index in [1.165, 1.54) is 0 Å². The summed E-state index contributed by atoms with van der Waals surface area (Å²) in [5, 5.41) is 0. The molecule has 27 heavy (non-hydrogen) atoms. The van der Waals surface area contributed by atoms with Crippen molar-refractivity contribution < 1.29 is 4.39 Å². The van der Waals surface area contributed by atoms with E-state index in [4.69, 9.17) is 4.98 Å². The van der Waals surface area contributed by atoms with Crippen LogP contribution in [-0.4, -0.2) is 18.8 Å². The highest BCUT2D eigenvalue weighted by molar-refractivity contribution is 5.79. The summed E-state index contributed by atoms with van der Waals surface area (Å²) in [5.74, 6) is 1.53. The second-order valence-corrected chi connectivity index (χ2v) is 9.15. The topological polar surface area (TPSA) is 34.6 Å². The molecule has 0 amide bonds. The molecule has 0 unspecified atom stereocenters. The summed E-state index contributed by atoms with van der Waals surface area (Å²) >= 11 is 0. The van der Waals surface area contributed by atoms with Gasteiger partial charge >= 0.3 is 0 Å². The van der Waals surface area contributed by atoms with Gasteiger partial charge in [-0.15, -0.1) is 0 Å². The molecule has 0 fully saturated rings. The van der Waals surface area contributed by atoms with Gasteiger partial charge < -0.3 is 8.80 Å². The summed E-state index contributed by atoms with van der Waals surface area (Å²) in [4.78, 5) is 9.38. The van der Waals surface area contributed by atoms with Crippen LogP contribution in [0.15, 0.2) is 42.9 Å². The normalized spacial score (nSPS) is 13.0. The summed E-state index contributed by atoms with van der Waals surface area (Å²) in [5.41, 5.74) is 2.50. The van der Waals surface area contributed by atoms with Crippen molar-refractivity contribution in [1.29, 1.82) is 0 Å². The lowest BCUT2D eigenvalue weighted by Crippen LogP contribution is -2.16. The number of fused-ring (bicyclic) bond motifs is 2. The van der Waals surface area contributed by atoms with Gasteiger partial charge in [0.05, 0.1) is 22.8 Å². The molecule has 0 N–H and O–H groups in total. The largest absolute Gasteiger partial charge is 0.303 e. The molecule has 4 aromatic rings. The van der Waals surface area contributed by atoms with Crippen molar-refractivity contribution in [1.82, 2.24) is 18.8 Å². The molecule has 4 rings (SSSR count). The number of aromatic nitrogens is 4. The first-order chi connectivity index (χ1) is 12.6. The van der Waals surface area contributed by atoms with Crippen LogP contribution < -0.4 is 0 Å². The Bertz CT molecular complexity index is 1150. The summed E-state index contributed by atoms with van der Waals surface area (Å²) in [6.45, 7) is 12.7. The van der Waals surface area contributed by atoms with E-state index in [1.807, 2.05) is 35.0 Å². The van der Waals surface area contributed by atoms with Gasteiger partial charge in [0.2, 0.25) is 0 Å². The van der Waals surface area contributed by atoms with Crippen LogP contribution in [0.4, 0.5) is 4.39 Å². The molecule has 0 radical (unpaired) electrons. The Labute approximate surface area is 158 Å². The first-order valence-corrected chi connectivity index (χ1v) is 9.22. The van der Waals surface area contributed by atoms with Crippen molar-refractivity contribution in [3.8, 4) is 11.3 Å². The number of nitrogens with zero attached hydrogens (tertiary/aromatic N) is 4. The maximum absolute atomic E-state index is 15.1. The fourth-order valence-electron chi connectivity index (χ4n) is 3.51. The smallest absolute Gasteiger partial charge is 0.136 e. The SMILES string of the molecule is CC(C)(C)c1ncc2cc(F)c(-c3nc(C(C)(C)C)n4ccccc34)cn12. The third-order valence-electron chi connectivity index (χ3n) is 4.76. The van der Waals surface area contributed by atoms with E-state index in [9.17, 15) is 0 Å². The van der Waals surface area contributed by atoms with Crippen LogP contribution in [0.5, 0.6) is 0 Å². The molecule has 0 atom stereocenters. The molecule has 0 bridgehead atoms. The van der Waals surface area contributed by atoms with Crippen molar-refractivity contribution in [2.24, 2.45) is 0 Å². The van der Waals surface area contributed by atoms with E-state index in [2.05, 4.69) is 50.9 Å². The van der Waals surface area contributed by atoms with Crippen LogP contribution in [0.2, 0.25) is 0 Å².